The third-order valence-electron chi connectivity index (χ3n) is 2.46. The van der Waals surface area contributed by atoms with Gasteiger partial charge >= 0.3 is 0 Å². The summed E-state index contributed by atoms with van der Waals surface area (Å²) in [5.74, 6) is 2.56. The molecule has 0 aliphatic rings. The number of benzene rings is 1. The second-order valence-corrected chi connectivity index (χ2v) is 4.86. The summed E-state index contributed by atoms with van der Waals surface area (Å²) in [6, 6.07) is 6.63. The van der Waals surface area contributed by atoms with Gasteiger partial charge in [0, 0.05) is 11.0 Å². The number of nitrogens with two attached hydrogens (primary N) is 1. The van der Waals surface area contributed by atoms with Crippen LogP contribution in [0.4, 0.5) is 0 Å². The molecule has 16 heavy (non-hydrogen) atoms. The summed E-state index contributed by atoms with van der Waals surface area (Å²) < 4.78 is 0. The van der Waals surface area contributed by atoms with Crippen molar-refractivity contribution in [2.24, 2.45) is 11.1 Å². The minimum atomic E-state index is -0.577. The average Bonchev–Trinajstić information content (AvgIpc) is 2.26. The number of hydrogen-bond acceptors (Lipinski definition) is 2. The van der Waals surface area contributed by atoms with E-state index in [0.29, 0.717) is 0 Å². The van der Waals surface area contributed by atoms with Crippen molar-refractivity contribution in [3.63, 3.8) is 0 Å². The lowest BCUT2D eigenvalue weighted by atomic mass is 9.84. The summed E-state index contributed by atoms with van der Waals surface area (Å²) in [6.45, 7) is 5.60. The summed E-state index contributed by atoms with van der Waals surface area (Å²) in [6.07, 6.45) is 5.26. The van der Waals surface area contributed by atoms with Crippen LogP contribution in [0.15, 0.2) is 24.3 Å². The van der Waals surface area contributed by atoms with Crippen LogP contribution in [0.3, 0.4) is 0 Å². The van der Waals surface area contributed by atoms with Crippen LogP contribution in [0.5, 0.6) is 0 Å². The molecule has 1 aromatic rings. The molecule has 0 spiro atoms. The second-order valence-electron chi connectivity index (χ2n) is 4.86. The van der Waals surface area contributed by atoms with E-state index >= 15 is 0 Å². The quantitative estimate of drug-likeness (QED) is 0.769. The fourth-order valence-corrected chi connectivity index (χ4v) is 1.40. The number of Topliss-reactive ketones (excluding diaryl/α,β-unsaturated/α-hetero) is 1. The minimum absolute atomic E-state index is 0.0287. The Morgan fingerprint density at radius 1 is 1.31 bits per heavy atom. The van der Waals surface area contributed by atoms with Crippen molar-refractivity contribution in [2.45, 2.75) is 26.8 Å². The van der Waals surface area contributed by atoms with Crippen molar-refractivity contribution >= 4 is 5.78 Å². The number of carbonyl (C=O) groups is 1. The maximum absolute atomic E-state index is 12.0. The smallest absolute Gasteiger partial charge is 0.159 e. The fourth-order valence-electron chi connectivity index (χ4n) is 1.40. The highest BCUT2D eigenvalue weighted by molar-refractivity contribution is 5.89. The summed E-state index contributed by atoms with van der Waals surface area (Å²) in [5, 5.41) is 0. The van der Waals surface area contributed by atoms with Crippen LogP contribution in [-0.4, -0.2) is 5.78 Å². The molecule has 0 bridgehead atoms. The van der Waals surface area contributed by atoms with Gasteiger partial charge in [-0.2, -0.15) is 0 Å². The van der Waals surface area contributed by atoms with Crippen molar-refractivity contribution in [3.05, 3.63) is 35.4 Å². The van der Waals surface area contributed by atoms with Crippen LogP contribution in [0.25, 0.3) is 0 Å². The Morgan fingerprint density at radius 3 is 2.19 bits per heavy atom. The molecule has 1 aromatic carbocycles. The Balaban J connectivity index is 2.94. The molecule has 0 radical (unpaired) electrons. The largest absolute Gasteiger partial charge is 0.318 e. The van der Waals surface area contributed by atoms with Crippen LogP contribution < -0.4 is 5.73 Å². The molecule has 1 atom stereocenters. The number of ketones is 1. The van der Waals surface area contributed by atoms with Crippen molar-refractivity contribution < 1.29 is 4.79 Å². The molecule has 0 heterocycles. The maximum Gasteiger partial charge on any atom is 0.159 e. The maximum atomic E-state index is 12.0. The van der Waals surface area contributed by atoms with Gasteiger partial charge in [-0.05, 0) is 17.7 Å². The number of rotatable bonds is 2. The van der Waals surface area contributed by atoms with Crippen LogP contribution >= 0.6 is 0 Å². The average molecular weight is 215 g/mol. The topological polar surface area (TPSA) is 43.1 Å². The Labute approximate surface area is 96.9 Å². The van der Waals surface area contributed by atoms with E-state index in [4.69, 9.17) is 12.2 Å². The molecule has 0 fully saturated rings. The second kappa shape index (κ2) is 4.51. The molecule has 0 aliphatic carbocycles. The molecule has 1 unspecified atom stereocenters. The van der Waals surface area contributed by atoms with Gasteiger partial charge in [-0.1, -0.05) is 38.8 Å². The van der Waals surface area contributed by atoms with Crippen LogP contribution in [-0.2, 0) is 4.79 Å². The molecule has 0 aliphatic heterocycles. The zero-order valence-electron chi connectivity index (χ0n) is 9.95. The predicted molar refractivity (Wildman–Crippen MR) is 65.8 cm³/mol. The summed E-state index contributed by atoms with van der Waals surface area (Å²) in [7, 11) is 0. The lowest BCUT2D eigenvalue weighted by molar-refractivity contribution is -0.127. The number of hydrogen-bond donors (Lipinski definition) is 1. The van der Waals surface area contributed by atoms with E-state index < -0.39 is 11.5 Å². The van der Waals surface area contributed by atoms with E-state index in [-0.39, 0.29) is 5.78 Å². The van der Waals surface area contributed by atoms with E-state index in [2.05, 4.69) is 5.92 Å². The predicted octanol–water partition coefficient (Wildman–Crippen LogP) is 2.28. The Morgan fingerprint density at radius 2 is 1.81 bits per heavy atom. The van der Waals surface area contributed by atoms with Crippen LogP contribution in [0.1, 0.15) is 37.9 Å². The van der Waals surface area contributed by atoms with E-state index in [1.54, 1.807) is 12.1 Å². The van der Waals surface area contributed by atoms with Gasteiger partial charge < -0.3 is 5.73 Å². The first-order valence-electron chi connectivity index (χ1n) is 5.22. The number of carbonyl (C=O) groups excluding carboxylic acids is 1. The first kappa shape index (κ1) is 12.5. The third kappa shape index (κ3) is 2.71. The van der Waals surface area contributed by atoms with Gasteiger partial charge in [0.2, 0.25) is 0 Å². The number of terminal acetylenes is 1. The van der Waals surface area contributed by atoms with E-state index in [1.807, 2.05) is 32.9 Å². The Bertz CT molecular complexity index is 418. The van der Waals surface area contributed by atoms with Gasteiger partial charge in [-0.3, -0.25) is 4.79 Å². The highest BCUT2D eigenvalue weighted by Gasteiger charge is 2.27. The van der Waals surface area contributed by atoms with Crippen molar-refractivity contribution in [1.82, 2.24) is 0 Å². The first-order chi connectivity index (χ1) is 7.36. The molecule has 2 nitrogen and oxygen atoms in total. The molecule has 2 heteroatoms. The standard InChI is InChI=1S/C14H17NO/c1-5-10-6-8-11(9-7-10)12(15)13(16)14(2,3)4/h1,6-9,12H,15H2,2-4H3. The minimum Gasteiger partial charge on any atom is -0.318 e. The summed E-state index contributed by atoms with van der Waals surface area (Å²) in [4.78, 5) is 12.0. The highest BCUT2D eigenvalue weighted by atomic mass is 16.1. The van der Waals surface area contributed by atoms with Crippen LogP contribution in [0, 0.1) is 17.8 Å². The molecule has 1 rings (SSSR count). The molecule has 84 valence electrons. The Hall–Kier alpha value is -1.59. The molecule has 0 aromatic heterocycles. The Kier molecular flexibility index (Phi) is 3.51. The lowest BCUT2D eigenvalue weighted by Gasteiger charge is -2.21. The normalized spacial score (nSPS) is 12.9. The van der Waals surface area contributed by atoms with Gasteiger partial charge in [0.25, 0.3) is 0 Å². The first-order valence-corrected chi connectivity index (χ1v) is 5.22. The summed E-state index contributed by atoms with van der Waals surface area (Å²) >= 11 is 0. The lowest BCUT2D eigenvalue weighted by Crippen LogP contribution is -2.32. The van der Waals surface area contributed by atoms with Crippen molar-refractivity contribution in [3.8, 4) is 12.3 Å². The van der Waals surface area contributed by atoms with E-state index in [9.17, 15) is 4.79 Å². The molecular weight excluding hydrogens is 198 g/mol. The van der Waals surface area contributed by atoms with Crippen molar-refractivity contribution in [2.75, 3.05) is 0 Å². The molecule has 2 N–H and O–H groups in total. The molecule has 0 amide bonds. The molecule has 0 saturated carbocycles. The molecule has 0 saturated heterocycles. The van der Waals surface area contributed by atoms with E-state index in [1.165, 1.54) is 0 Å². The van der Waals surface area contributed by atoms with Crippen molar-refractivity contribution in [1.29, 1.82) is 0 Å². The van der Waals surface area contributed by atoms with E-state index in [0.717, 1.165) is 11.1 Å². The van der Waals surface area contributed by atoms with Crippen LogP contribution in [0.2, 0.25) is 0 Å². The van der Waals surface area contributed by atoms with Gasteiger partial charge in [-0.25, -0.2) is 0 Å². The zero-order valence-corrected chi connectivity index (χ0v) is 9.95. The zero-order chi connectivity index (χ0) is 12.3. The van der Waals surface area contributed by atoms with Gasteiger partial charge in [0.1, 0.15) is 0 Å². The van der Waals surface area contributed by atoms with Gasteiger partial charge in [-0.15, -0.1) is 6.42 Å². The van der Waals surface area contributed by atoms with Gasteiger partial charge in [0.15, 0.2) is 5.78 Å². The highest BCUT2D eigenvalue weighted by Crippen LogP contribution is 2.23. The monoisotopic (exact) mass is 215 g/mol. The van der Waals surface area contributed by atoms with Gasteiger partial charge in [0.05, 0.1) is 6.04 Å². The SMILES string of the molecule is C#Cc1ccc(C(N)C(=O)C(C)(C)C)cc1. The fraction of sp³-hybridized carbons (Fsp3) is 0.357. The molecular formula is C14H17NO. The third-order valence-corrected chi connectivity index (χ3v) is 2.46. The summed E-state index contributed by atoms with van der Waals surface area (Å²) in [5.41, 5.74) is 7.08.